The topological polar surface area (TPSA) is 72.7 Å². The smallest absolute Gasteiger partial charge is 0.234 e. The van der Waals surface area contributed by atoms with E-state index in [9.17, 15) is 4.79 Å². The van der Waals surface area contributed by atoms with Gasteiger partial charge in [0.1, 0.15) is 5.69 Å². The van der Waals surface area contributed by atoms with Gasteiger partial charge in [-0.15, -0.1) is 10.2 Å². The second kappa shape index (κ2) is 10.0. The molecule has 0 aliphatic heterocycles. The number of hydrogen-bond donors (Lipinski definition) is 1. The molecule has 7 heteroatoms. The van der Waals surface area contributed by atoms with E-state index >= 15 is 0 Å². The van der Waals surface area contributed by atoms with Crippen LogP contribution in [-0.4, -0.2) is 31.4 Å². The summed E-state index contributed by atoms with van der Waals surface area (Å²) in [6.45, 7) is 2.71. The van der Waals surface area contributed by atoms with Crippen LogP contribution in [0.25, 0.3) is 11.5 Å². The third kappa shape index (κ3) is 5.38. The predicted octanol–water partition coefficient (Wildman–Crippen LogP) is 4.68. The third-order valence-corrected chi connectivity index (χ3v) is 5.74. The molecule has 4 rings (SSSR count). The number of rotatable bonds is 8. The van der Waals surface area contributed by atoms with E-state index in [0.29, 0.717) is 17.5 Å². The van der Waals surface area contributed by atoms with E-state index in [2.05, 4.69) is 39.6 Å². The third-order valence-electron chi connectivity index (χ3n) is 4.77. The summed E-state index contributed by atoms with van der Waals surface area (Å²) in [5, 5.41) is 12.3. The molecule has 1 amide bonds. The van der Waals surface area contributed by atoms with E-state index in [4.69, 9.17) is 0 Å². The molecule has 0 fully saturated rings. The van der Waals surface area contributed by atoms with Gasteiger partial charge >= 0.3 is 0 Å². The van der Waals surface area contributed by atoms with Crippen LogP contribution in [0.1, 0.15) is 18.1 Å². The van der Waals surface area contributed by atoms with Crippen LogP contribution >= 0.6 is 11.8 Å². The van der Waals surface area contributed by atoms with Gasteiger partial charge in [0.25, 0.3) is 0 Å². The molecule has 0 saturated heterocycles. The van der Waals surface area contributed by atoms with Gasteiger partial charge in [-0.25, -0.2) is 0 Å². The van der Waals surface area contributed by atoms with Crippen molar-refractivity contribution < 1.29 is 4.79 Å². The van der Waals surface area contributed by atoms with E-state index in [1.807, 2.05) is 65.2 Å². The Balaban J connectivity index is 1.50. The first-order valence-electron chi connectivity index (χ1n) is 10.1. The van der Waals surface area contributed by atoms with E-state index in [-0.39, 0.29) is 11.7 Å². The average molecular weight is 430 g/mol. The van der Waals surface area contributed by atoms with Crippen molar-refractivity contribution in [3.05, 3.63) is 90.1 Å². The molecule has 4 aromatic rings. The zero-order valence-corrected chi connectivity index (χ0v) is 18.0. The minimum absolute atomic E-state index is 0.0807. The Hall–Kier alpha value is -3.45. The molecular formula is C24H23N5OS. The number of benzene rings is 2. The van der Waals surface area contributed by atoms with Gasteiger partial charge in [0.15, 0.2) is 11.0 Å². The zero-order chi connectivity index (χ0) is 21.5. The first-order chi connectivity index (χ1) is 15.2. The van der Waals surface area contributed by atoms with E-state index in [1.165, 1.54) is 17.3 Å². The molecule has 0 radical (unpaired) electrons. The number of hydrogen-bond acceptors (Lipinski definition) is 5. The van der Waals surface area contributed by atoms with Crippen LogP contribution in [0, 0.1) is 0 Å². The number of pyridine rings is 1. The summed E-state index contributed by atoms with van der Waals surface area (Å²) in [6, 6.07) is 23.7. The molecule has 2 aromatic carbocycles. The number of anilines is 1. The highest BCUT2D eigenvalue weighted by Crippen LogP contribution is 2.24. The van der Waals surface area contributed by atoms with Gasteiger partial charge < -0.3 is 5.32 Å². The van der Waals surface area contributed by atoms with Crippen molar-refractivity contribution in [3.63, 3.8) is 0 Å². The molecule has 0 atom stereocenters. The minimum atomic E-state index is -0.0807. The lowest BCUT2D eigenvalue weighted by molar-refractivity contribution is -0.113. The highest BCUT2D eigenvalue weighted by Gasteiger charge is 2.17. The fourth-order valence-electron chi connectivity index (χ4n) is 3.14. The SMILES string of the molecule is CCc1ccc(NC(=O)CSc2nnc(-c3ccccn3)n2Cc2ccccc2)cc1. The maximum atomic E-state index is 12.5. The number of nitrogens with one attached hydrogen (secondary N) is 1. The maximum Gasteiger partial charge on any atom is 0.234 e. The summed E-state index contributed by atoms with van der Waals surface area (Å²) in [5.41, 5.74) is 3.91. The lowest BCUT2D eigenvalue weighted by Gasteiger charge is -2.10. The van der Waals surface area contributed by atoms with Crippen molar-refractivity contribution in [1.29, 1.82) is 0 Å². The van der Waals surface area contributed by atoms with Gasteiger partial charge in [0.2, 0.25) is 5.91 Å². The number of aromatic nitrogens is 4. The Morgan fingerprint density at radius 1 is 0.935 bits per heavy atom. The molecule has 0 aliphatic rings. The van der Waals surface area contributed by atoms with Gasteiger partial charge in [0.05, 0.1) is 12.3 Å². The number of aryl methyl sites for hydroxylation is 1. The quantitative estimate of drug-likeness (QED) is 0.412. The fourth-order valence-corrected chi connectivity index (χ4v) is 3.88. The molecule has 0 spiro atoms. The number of thioether (sulfide) groups is 1. The Morgan fingerprint density at radius 2 is 1.71 bits per heavy atom. The van der Waals surface area contributed by atoms with Crippen LogP contribution in [-0.2, 0) is 17.8 Å². The maximum absolute atomic E-state index is 12.5. The first-order valence-corrected chi connectivity index (χ1v) is 11.1. The van der Waals surface area contributed by atoms with Gasteiger partial charge in [-0.05, 0) is 41.8 Å². The number of carbonyl (C=O) groups is 1. The molecule has 2 aromatic heterocycles. The average Bonchev–Trinajstić information content (AvgIpc) is 3.22. The Bertz CT molecular complexity index is 1130. The molecule has 1 N–H and O–H groups in total. The molecule has 31 heavy (non-hydrogen) atoms. The molecule has 0 saturated carbocycles. The zero-order valence-electron chi connectivity index (χ0n) is 17.2. The Morgan fingerprint density at radius 3 is 2.42 bits per heavy atom. The second-order valence-electron chi connectivity index (χ2n) is 6.98. The van der Waals surface area contributed by atoms with Crippen molar-refractivity contribution >= 4 is 23.4 Å². The van der Waals surface area contributed by atoms with Crippen molar-refractivity contribution in [3.8, 4) is 11.5 Å². The normalized spacial score (nSPS) is 10.7. The van der Waals surface area contributed by atoms with Crippen LogP contribution in [0.15, 0.2) is 84.1 Å². The second-order valence-corrected chi connectivity index (χ2v) is 7.92. The molecule has 0 aliphatic carbocycles. The van der Waals surface area contributed by atoms with E-state index < -0.39 is 0 Å². The van der Waals surface area contributed by atoms with Crippen molar-refractivity contribution in [2.75, 3.05) is 11.1 Å². The highest BCUT2D eigenvalue weighted by atomic mass is 32.2. The van der Waals surface area contributed by atoms with Crippen LogP contribution < -0.4 is 5.32 Å². The van der Waals surface area contributed by atoms with Crippen LogP contribution in [0.3, 0.4) is 0 Å². The van der Waals surface area contributed by atoms with Crippen molar-refractivity contribution in [2.45, 2.75) is 25.0 Å². The van der Waals surface area contributed by atoms with Crippen molar-refractivity contribution in [1.82, 2.24) is 19.7 Å². The number of nitrogens with zero attached hydrogens (tertiary/aromatic N) is 4. The lowest BCUT2D eigenvalue weighted by Crippen LogP contribution is -2.15. The van der Waals surface area contributed by atoms with Gasteiger partial charge in [-0.1, -0.05) is 67.2 Å². The van der Waals surface area contributed by atoms with E-state index in [0.717, 1.165) is 23.4 Å². The number of amides is 1. The summed E-state index contributed by atoms with van der Waals surface area (Å²) >= 11 is 1.37. The molecule has 0 bridgehead atoms. The molecule has 156 valence electrons. The standard InChI is InChI=1S/C24H23N5OS/c1-2-18-11-13-20(14-12-18)26-22(30)17-31-24-28-27-23(21-10-6-7-15-25-21)29(24)16-19-8-4-3-5-9-19/h3-15H,2,16-17H2,1H3,(H,26,30). The van der Waals surface area contributed by atoms with Crippen LogP contribution in [0.4, 0.5) is 5.69 Å². The van der Waals surface area contributed by atoms with Crippen molar-refractivity contribution in [2.24, 2.45) is 0 Å². The minimum Gasteiger partial charge on any atom is -0.325 e. The van der Waals surface area contributed by atoms with Gasteiger partial charge in [-0.3, -0.25) is 14.3 Å². The van der Waals surface area contributed by atoms with Gasteiger partial charge in [-0.2, -0.15) is 0 Å². The predicted molar refractivity (Wildman–Crippen MR) is 124 cm³/mol. The molecular weight excluding hydrogens is 406 g/mol. The molecule has 2 heterocycles. The summed E-state index contributed by atoms with van der Waals surface area (Å²) in [5.74, 6) is 0.843. The van der Waals surface area contributed by atoms with Crippen LogP contribution in [0.2, 0.25) is 0 Å². The summed E-state index contributed by atoms with van der Waals surface area (Å²) < 4.78 is 2.01. The largest absolute Gasteiger partial charge is 0.325 e. The monoisotopic (exact) mass is 429 g/mol. The summed E-state index contributed by atoms with van der Waals surface area (Å²) in [6.07, 6.45) is 2.71. The molecule has 0 unspecified atom stereocenters. The molecule has 6 nitrogen and oxygen atoms in total. The Kier molecular flexibility index (Phi) is 6.74. The summed E-state index contributed by atoms with van der Waals surface area (Å²) in [7, 11) is 0. The number of carbonyl (C=O) groups excluding carboxylic acids is 1. The Labute approximate surface area is 185 Å². The summed E-state index contributed by atoms with van der Waals surface area (Å²) in [4.78, 5) is 16.9. The first kappa shape index (κ1) is 20.8. The van der Waals surface area contributed by atoms with Crippen LogP contribution in [0.5, 0.6) is 0 Å². The lowest BCUT2D eigenvalue weighted by atomic mass is 10.1. The fraction of sp³-hybridized carbons (Fsp3) is 0.167. The van der Waals surface area contributed by atoms with E-state index in [1.54, 1.807) is 6.20 Å². The highest BCUT2D eigenvalue weighted by molar-refractivity contribution is 7.99. The van der Waals surface area contributed by atoms with Gasteiger partial charge in [0, 0.05) is 11.9 Å².